The molecule has 2 N–H and O–H groups in total. The normalized spacial score (nSPS) is 18.0. The first-order chi connectivity index (χ1) is 14.5. The number of anilines is 2. The zero-order valence-corrected chi connectivity index (χ0v) is 16.8. The lowest BCUT2D eigenvalue weighted by atomic mass is 10.1. The minimum Gasteiger partial charge on any atom is -0.344 e. The van der Waals surface area contributed by atoms with Crippen LogP contribution in [0, 0.1) is 11.3 Å². The molecule has 1 saturated heterocycles. The van der Waals surface area contributed by atoms with Gasteiger partial charge in [-0.2, -0.15) is 5.26 Å². The highest BCUT2D eigenvalue weighted by Crippen LogP contribution is 2.26. The molecule has 30 heavy (non-hydrogen) atoms. The van der Waals surface area contributed by atoms with Crippen molar-refractivity contribution in [3.05, 3.63) is 60.2 Å². The summed E-state index contributed by atoms with van der Waals surface area (Å²) in [5, 5.41) is 14.5. The maximum absolute atomic E-state index is 12.7. The molecule has 0 saturated carbocycles. The van der Waals surface area contributed by atoms with E-state index in [-0.39, 0.29) is 36.6 Å². The standard InChI is InChI=1S/C23H24N4O3/c1-16-14-20(23(30)27(16)18-9-3-2-4-10-18)26-22(29)13-7-12-21(28)25-19-11-6-5-8-17(19)15-24/h2-6,8-11,16,20H,7,12-14H2,1H3,(H,25,28)(H,26,29)/t16-,20-/m1/s1. The molecule has 7 nitrogen and oxygen atoms in total. The first kappa shape index (κ1) is 21.1. The molecule has 0 unspecified atom stereocenters. The number of amides is 3. The van der Waals surface area contributed by atoms with Crippen LogP contribution in [0.2, 0.25) is 0 Å². The molecule has 2 atom stereocenters. The average molecular weight is 404 g/mol. The van der Waals surface area contributed by atoms with E-state index in [1.165, 1.54) is 0 Å². The Morgan fingerprint density at radius 1 is 1.07 bits per heavy atom. The zero-order valence-electron chi connectivity index (χ0n) is 16.8. The summed E-state index contributed by atoms with van der Waals surface area (Å²) in [6.07, 6.45) is 1.20. The van der Waals surface area contributed by atoms with Gasteiger partial charge in [0.2, 0.25) is 17.7 Å². The van der Waals surface area contributed by atoms with Gasteiger partial charge in [-0.1, -0.05) is 30.3 Å². The van der Waals surface area contributed by atoms with Crippen molar-refractivity contribution in [2.75, 3.05) is 10.2 Å². The minimum absolute atomic E-state index is 0.00354. The number of nitriles is 1. The minimum atomic E-state index is -0.552. The van der Waals surface area contributed by atoms with Crippen LogP contribution in [0.4, 0.5) is 11.4 Å². The predicted molar refractivity (Wildman–Crippen MR) is 114 cm³/mol. The SMILES string of the molecule is C[C@@H]1C[C@@H](NC(=O)CCCC(=O)Nc2ccccc2C#N)C(=O)N1c1ccccc1. The summed E-state index contributed by atoms with van der Waals surface area (Å²) in [4.78, 5) is 38.8. The van der Waals surface area contributed by atoms with Gasteiger partial charge < -0.3 is 15.5 Å². The van der Waals surface area contributed by atoms with Gasteiger partial charge in [0.1, 0.15) is 12.1 Å². The molecule has 7 heteroatoms. The van der Waals surface area contributed by atoms with Gasteiger partial charge >= 0.3 is 0 Å². The van der Waals surface area contributed by atoms with Gasteiger partial charge in [-0.05, 0) is 44.0 Å². The second-order valence-corrected chi connectivity index (χ2v) is 7.31. The van der Waals surface area contributed by atoms with Crippen molar-refractivity contribution >= 4 is 29.1 Å². The van der Waals surface area contributed by atoms with Crippen LogP contribution in [0.5, 0.6) is 0 Å². The second kappa shape index (κ2) is 9.70. The Kier molecular flexibility index (Phi) is 6.81. The Balaban J connectivity index is 1.45. The molecule has 0 aromatic heterocycles. The maximum Gasteiger partial charge on any atom is 0.249 e. The van der Waals surface area contributed by atoms with Crippen LogP contribution < -0.4 is 15.5 Å². The Labute approximate surface area is 175 Å². The molecule has 1 aliphatic heterocycles. The Morgan fingerprint density at radius 2 is 1.73 bits per heavy atom. The topological polar surface area (TPSA) is 102 Å². The van der Waals surface area contributed by atoms with Crippen LogP contribution in [0.3, 0.4) is 0 Å². The van der Waals surface area contributed by atoms with E-state index in [0.717, 1.165) is 5.69 Å². The molecule has 3 amide bonds. The number of hydrogen-bond donors (Lipinski definition) is 2. The highest BCUT2D eigenvalue weighted by molar-refractivity contribution is 6.02. The van der Waals surface area contributed by atoms with Crippen LogP contribution >= 0.6 is 0 Å². The second-order valence-electron chi connectivity index (χ2n) is 7.31. The first-order valence-corrected chi connectivity index (χ1v) is 9.96. The van der Waals surface area contributed by atoms with Gasteiger partial charge in [-0.3, -0.25) is 14.4 Å². The smallest absolute Gasteiger partial charge is 0.249 e. The molecular formula is C23H24N4O3. The number of benzene rings is 2. The van der Waals surface area contributed by atoms with Gasteiger partial charge in [0, 0.05) is 24.6 Å². The Hall–Kier alpha value is -3.66. The van der Waals surface area contributed by atoms with Crippen LogP contribution in [-0.2, 0) is 14.4 Å². The zero-order chi connectivity index (χ0) is 21.5. The van der Waals surface area contributed by atoms with E-state index in [9.17, 15) is 14.4 Å². The quantitative estimate of drug-likeness (QED) is 0.740. The monoisotopic (exact) mass is 404 g/mol. The maximum atomic E-state index is 12.7. The van der Waals surface area contributed by atoms with Gasteiger partial charge in [0.25, 0.3) is 0 Å². The van der Waals surface area contributed by atoms with E-state index >= 15 is 0 Å². The summed E-state index contributed by atoms with van der Waals surface area (Å²) >= 11 is 0. The van der Waals surface area contributed by atoms with Crippen molar-refractivity contribution in [2.24, 2.45) is 0 Å². The first-order valence-electron chi connectivity index (χ1n) is 9.96. The van der Waals surface area contributed by atoms with Gasteiger partial charge in [0.05, 0.1) is 11.3 Å². The molecule has 0 aliphatic carbocycles. The van der Waals surface area contributed by atoms with Crippen LogP contribution in [0.15, 0.2) is 54.6 Å². The third kappa shape index (κ3) is 5.03. The number of nitrogens with zero attached hydrogens (tertiary/aromatic N) is 2. The summed E-state index contributed by atoms with van der Waals surface area (Å²) < 4.78 is 0. The number of carbonyl (C=O) groups is 3. The summed E-state index contributed by atoms with van der Waals surface area (Å²) in [6, 6.07) is 17.6. The predicted octanol–water partition coefficient (Wildman–Crippen LogP) is 2.98. The lowest BCUT2D eigenvalue weighted by molar-refractivity contribution is -0.126. The van der Waals surface area contributed by atoms with E-state index in [2.05, 4.69) is 10.6 Å². The van der Waals surface area contributed by atoms with Crippen molar-refractivity contribution in [1.29, 1.82) is 5.26 Å². The lowest BCUT2D eigenvalue weighted by Gasteiger charge is -2.21. The molecule has 0 radical (unpaired) electrons. The molecule has 0 spiro atoms. The van der Waals surface area contributed by atoms with Crippen LogP contribution in [0.25, 0.3) is 0 Å². The fourth-order valence-corrected chi connectivity index (χ4v) is 3.60. The van der Waals surface area contributed by atoms with Crippen molar-refractivity contribution in [3.8, 4) is 6.07 Å². The number of rotatable bonds is 7. The average Bonchev–Trinajstić information content (AvgIpc) is 3.01. The van der Waals surface area contributed by atoms with Crippen LogP contribution in [0.1, 0.15) is 38.2 Å². The molecule has 154 valence electrons. The van der Waals surface area contributed by atoms with Gasteiger partial charge in [0.15, 0.2) is 0 Å². The van der Waals surface area contributed by atoms with Gasteiger partial charge in [-0.15, -0.1) is 0 Å². The molecule has 2 aromatic carbocycles. The highest BCUT2D eigenvalue weighted by atomic mass is 16.2. The molecule has 1 aliphatic rings. The molecule has 3 rings (SSSR count). The number of carbonyl (C=O) groups excluding carboxylic acids is 3. The largest absolute Gasteiger partial charge is 0.344 e. The molecule has 1 heterocycles. The van der Waals surface area contributed by atoms with E-state index < -0.39 is 6.04 Å². The van der Waals surface area contributed by atoms with Crippen molar-refractivity contribution in [1.82, 2.24) is 5.32 Å². The molecular weight excluding hydrogens is 380 g/mol. The molecule has 0 bridgehead atoms. The van der Waals surface area contributed by atoms with E-state index in [4.69, 9.17) is 5.26 Å². The highest BCUT2D eigenvalue weighted by Gasteiger charge is 2.38. The fourth-order valence-electron chi connectivity index (χ4n) is 3.60. The van der Waals surface area contributed by atoms with Crippen LogP contribution in [-0.4, -0.2) is 29.8 Å². The van der Waals surface area contributed by atoms with Gasteiger partial charge in [-0.25, -0.2) is 0 Å². The van der Waals surface area contributed by atoms with Crippen molar-refractivity contribution in [2.45, 2.75) is 44.7 Å². The number of para-hydroxylation sites is 2. The van der Waals surface area contributed by atoms with Crippen molar-refractivity contribution in [3.63, 3.8) is 0 Å². The Bertz CT molecular complexity index is 968. The third-order valence-corrected chi connectivity index (χ3v) is 5.05. The van der Waals surface area contributed by atoms with E-state index in [0.29, 0.717) is 24.1 Å². The van der Waals surface area contributed by atoms with Crippen molar-refractivity contribution < 1.29 is 14.4 Å². The summed E-state index contributed by atoms with van der Waals surface area (Å²) in [5.74, 6) is -0.625. The molecule has 1 fully saturated rings. The summed E-state index contributed by atoms with van der Waals surface area (Å²) in [5.41, 5.74) is 1.67. The Morgan fingerprint density at radius 3 is 2.47 bits per heavy atom. The lowest BCUT2D eigenvalue weighted by Crippen LogP contribution is -2.41. The number of hydrogen-bond acceptors (Lipinski definition) is 4. The number of nitrogens with one attached hydrogen (secondary N) is 2. The van der Waals surface area contributed by atoms with E-state index in [1.807, 2.05) is 43.3 Å². The fraction of sp³-hybridized carbons (Fsp3) is 0.304. The summed E-state index contributed by atoms with van der Waals surface area (Å²) in [6.45, 7) is 1.96. The third-order valence-electron chi connectivity index (χ3n) is 5.05. The van der Waals surface area contributed by atoms with E-state index in [1.54, 1.807) is 29.2 Å². The summed E-state index contributed by atoms with van der Waals surface area (Å²) in [7, 11) is 0. The molecule has 2 aromatic rings.